The molecule has 0 aliphatic carbocycles. The Labute approximate surface area is 156 Å². The van der Waals surface area contributed by atoms with Crippen LogP contribution in [0, 0.1) is 41.0 Å². The number of nitro benzene ring substituents is 2. The highest BCUT2D eigenvalue weighted by Gasteiger charge is 2.17. The first kappa shape index (κ1) is 18.3. The van der Waals surface area contributed by atoms with Crippen LogP contribution in [0.3, 0.4) is 0 Å². The van der Waals surface area contributed by atoms with E-state index in [1.165, 1.54) is 6.07 Å². The molecule has 3 aromatic carbocycles. The van der Waals surface area contributed by atoms with E-state index in [9.17, 15) is 20.2 Å². The maximum atomic E-state index is 11.5. The molecule has 6 nitrogen and oxygen atoms in total. The van der Waals surface area contributed by atoms with E-state index in [2.05, 4.69) is 0 Å². The summed E-state index contributed by atoms with van der Waals surface area (Å²) < 4.78 is 0. The van der Waals surface area contributed by atoms with Gasteiger partial charge in [0.05, 0.1) is 15.4 Å². The Morgan fingerprint density at radius 1 is 0.630 bits per heavy atom. The predicted octanol–water partition coefficient (Wildman–Crippen LogP) is 5.76. The first-order chi connectivity index (χ1) is 12.8. The van der Waals surface area contributed by atoms with E-state index in [0.29, 0.717) is 22.3 Å². The smallest absolute Gasteiger partial charge is 0.258 e. The molecule has 6 heteroatoms. The van der Waals surface area contributed by atoms with Gasteiger partial charge in [-0.3, -0.25) is 20.2 Å². The van der Waals surface area contributed by atoms with Crippen LogP contribution in [0.1, 0.15) is 16.7 Å². The van der Waals surface area contributed by atoms with Crippen LogP contribution in [0.5, 0.6) is 0 Å². The average molecular weight is 362 g/mol. The molecule has 0 radical (unpaired) electrons. The topological polar surface area (TPSA) is 86.3 Å². The van der Waals surface area contributed by atoms with E-state index >= 15 is 0 Å². The van der Waals surface area contributed by atoms with Crippen molar-refractivity contribution in [2.24, 2.45) is 0 Å². The number of nitro groups is 2. The third kappa shape index (κ3) is 3.69. The number of hydrogen-bond donors (Lipinski definition) is 0. The summed E-state index contributed by atoms with van der Waals surface area (Å²) in [4.78, 5) is 21.9. The molecule has 0 unspecified atom stereocenters. The molecule has 27 heavy (non-hydrogen) atoms. The molecule has 0 aliphatic heterocycles. The van der Waals surface area contributed by atoms with E-state index in [4.69, 9.17) is 0 Å². The number of benzene rings is 3. The summed E-state index contributed by atoms with van der Waals surface area (Å²) in [5, 5.41) is 22.7. The van der Waals surface area contributed by atoms with Gasteiger partial charge in [0.1, 0.15) is 0 Å². The number of rotatable bonds is 4. The van der Waals surface area contributed by atoms with Crippen LogP contribution in [0.4, 0.5) is 11.4 Å². The van der Waals surface area contributed by atoms with Gasteiger partial charge in [0.25, 0.3) is 11.4 Å². The van der Waals surface area contributed by atoms with Gasteiger partial charge in [0.2, 0.25) is 0 Å². The number of nitrogens with zero attached hydrogens (tertiary/aromatic N) is 2. The second-order valence-electron chi connectivity index (χ2n) is 6.62. The van der Waals surface area contributed by atoms with Gasteiger partial charge in [-0.15, -0.1) is 0 Å². The number of hydrogen-bond acceptors (Lipinski definition) is 4. The molecule has 0 bridgehead atoms. The van der Waals surface area contributed by atoms with Gasteiger partial charge in [-0.2, -0.15) is 0 Å². The van der Waals surface area contributed by atoms with Gasteiger partial charge in [0.15, 0.2) is 0 Å². The summed E-state index contributed by atoms with van der Waals surface area (Å²) in [6.07, 6.45) is 0. The summed E-state index contributed by atoms with van der Waals surface area (Å²) in [7, 11) is 0. The molecule has 0 fully saturated rings. The summed E-state index contributed by atoms with van der Waals surface area (Å²) >= 11 is 0. The maximum absolute atomic E-state index is 11.5. The minimum atomic E-state index is -0.402. The normalized spacial score (nSPS) is 10.6. The van der Waals surface area contributed by atoms with E-state index < -0.39 is 4.92 Å². The van der Waals surface area contributed by atoms with Crippen LogP contribution < -0.4 is 0 Å². The quantitative estimate of drug-likeness (QED) is 0.436. The standard InChI is InChI=1S/C21H18N2O4/c1-13-4-7-19(21(10-13)23(26)27)18-9-14(2)8-17(11-18)16-6-5-15(3)20(12-16)22(24)25/h4-12H,1-3H3. The molecular weight excluding hydrogens is 344 g/mol. The Hall–Kier alpha value is -3.54. The lowest BCUT2D eigenvalue weighted by molar-refractivity contribution is -0.385. The molecule has 3 aromatic rings. The fourth-order valence-electron chi connectivity index (χ4n) is 3.13. The van der Waals surface area contributed by atoms with Gasteiger partial charge >= 0.3 is 0 Å². The predicted molar refractivity (Wildman–Crippen MR) is 105 cm³/mol. The molecule has 0 amide bonds. The molecular formula is C21H18N2O4. The third-order valence-corrected chi connectivity index (χ3v) is 4.48. The highest BCUT2D eigenvalue weighted by Crippen LogP contribution is 2.35. The van der Waals surface area contributed by atoms with Crippen molar-refractivity contribution in [3.8, 4) is 22.3 Å². The minimum absolute atomic E-state index is 0.0430. The lowest BCUT2D eigenvalue weighted by Crippen LogP contribution is -1.94. The van der Waals surface area contributed by atoms with Crippen molar-refractivity contribution in [1.82, 2.24) is 0 Å². The van der Waals surface area contributed by atoms with Crippen LogP contribution >= 0.6 is 0 Å². The second-order valence-corrected chi connectivity index (χ2v) is 6.62. The monoisotopic (exact) mass is 362 g/mol. The van der Waals surface area contributed by atoms with Crippen molar-refractivity contribution in [2.75, 3.05) is 0 Å². The molecule has 0 N–H and O–H groups in total. The Morgan fingerprint density at radius 2 is 1.30 bits per heavy atom. The highest BCUT2D eigenvalue weighted by atomic mass is 16.6. The van der Waals surface area contributed by atoms with Crippen LogP contribution in [-0.2, 0) is 0 Å². The van der Waals surface area contributed by atoms with E-state index in [1.807, 2.05) is 44.2 Å². The van der Waals surface area contributed by atoms with Crippen molar-refractivity contribution >= 4 is 11.4 Å². The zero-order valence-corrected chi connectivity index (χ0v) is 15.2. The van der Waals surface area contributed by atoms with E-state index in [1.54, 1.807) is 25.1 Å². The first-order valence-corrected chi connectivity index (χ1v) is 8.39. The fraction of sp³-hybridized carbons (Fsp3) is 0.143. The molecule has 0 aliphatic rings. The molecule has 0 atom stereocenters. The summed E-state index contributed by atoms with van der Waals surface area (Å²) in [5.41, 5.74) is 5.13. The van der Waals surface area contributed by atoms with Gasteiger partial charge in [-0.25, -0.2) is 0 Å². The lowest BCUT2D eigenvalue weighted by Gasteiger charge is -2.10. The van der Waals surface area contributed by atoms with Crippen molar-refractivity contribution in [2.45, 2.75) is 20.8 Å². The Kier molecular flexibility index (Phi) is 4.73. The summed E-state index contributed by atoms with van der Waals surface area (Å²) in [6, 6.07) is 15.8. The average Bonchev–Trinajstić information content (AvgIpc) is 2.61. The number of aryl methyl sites for hydroxylation is 3. The molecule has 3 rings (SSSR count). The van der Waals surface area contributed by atoms with Crippen molar-refractivity contribution in [1.29, 1.82) is 0 Å². The van der Waals surface area contributed by atoms with Gasteiger partial charge in [-0.05, 0) is 60.7 Å². The van der Waals surface area contributed by atoms with Crippen molar-refractivity contribution in [3.63, 3.8) is 0 Å². The van der Waals surface area contributed by atoms with Crippen LogP contribution in [0.2, 0.25) is 0 Å². The molecule has 0 spiro atoms. The second kappa shape index (κ2) is 6.99. The van der Waals surface area contributed by atoms with Crippen LogP contribution in [0.25, 0.3) is 22.3 Å². The zero-order valence-electron chi connectivity index (χ0n) is 15.2. The third-order valence-electron chi connectivity index (χ3n) is 4.48. The van der Waals surface area contributed by atoms with E-state index in [0.717, 1.165) is 16.7 Å². The molecule has 0 aromatic heterocycles. The highest BCUT2D eigenvalue weighted by molar-refractivity contribution is 5.80. The largest absolute Gasteiger partial charge is 0.277 e. The van der Waals surface area contributed by atoms with Crippen LogP contribution in [-0.4, -0.2) is 9.85 Å². The summed E-state index contributed by atoms with van der Waals surface area (Å²) in [5.74, 6) is 0. The minimum Gasteiger partial charge on any atom is -0.258 e. The molecule has 136 valence electrons. The van der Waals surface area contributed by atoms with Gasteiger partial charge in [0, 0.05) is 17.7 Å². The first-order valence-electron chi connectivity index (χ1n) is 8.39. The van der Waals surface area contributed by atoms with Crippen molar-refractivity contribution in [3.05, 3.63) is 91.5 Å². The Morgan fingerprint density at radius 3 is 1.96 bits per heavy atom. The van der Waals surface area contributed by atoms with Gasteiger partial charge < -0.3 is 0 Å². The maximum Gasteiger partial charge on any atom is 0.277 e. The molecule has 0 saturated heterocycles. The molecule has 0 heterocycles. The Balaban J connectivity index is 2.19. The fourth-order valence-corrected chi connectivity index (χ4v) is 3.13. The van der Waals surface area contributed by atoms with Gasteiger partial charge in [-0.1, -0.05) is 30.3 Å². The van der Waals surface area contributed by atoms with Crippen LogP contribution in [0.15, 0.2) is 54.6 Å². The molecule has 0 saturated carbocycles. The van der Waals surface area contributed by atoms with E-state index in [-0.39, 0.29) is 16.3 Å². The lowest BCUT2D eigenvalue weighted by atomic mass is 9.94. The Bertz CT molecular complexity index is 1070. The zero-order chi connectivity index (χ0) is 19.7. The van der Waals surface area contributed by atoms with Crippen molar-refractivity contribution < 1.29 is 9.85 Å². The SMILES string of the molecule is Cc1cc(-c2ccc(C)c([N+](=O)[O-])c2)cc(-c2ccc(C)cc2[N+](=O)[O-])c1. The summed E-state index contributed by atoms with van der Waals surface area (Å²) in [6.45, 7) is 5.40.